The van der Waals surface area contributed by atoms with Gasteiger partial charge >= 0.3 is 0 Å². The zero-order valence-corrected chi connectivity index (χ0v) is 10.2. The van der Waals surface area contributed by atoms with E-state index in [-0.39, 0.29) is 17.5 Å². The lowest BCUT2D eigenvalue weighted by atomic mass is 10.2. The molecule has 1 aromatic rings. The van der Waals surface area contributed by atoms with E-state index in [1.807, 2.05) is 6.07 Å². The monoisotopic (exact) mass is 252 g/mol. The molecule has 1 aromatic heterocycles. The van der Waals surface area contributed by atoms with E-state index in [1.54, 1.807) is 11.9 Å². The normalized spacial score (nSPS) is 22.0. The van der Waals surface area contributed by atoms with Crippen LogP contribution >= 0.6 is 0 Å². The van der Waals surface area contributed by atoms with Gasteiger partial charge in [0.2, 0.25) is 0 Å². The van der Waals surface area contributed by atoms with E-state index in [0.717, 1.165) is 0 Å². The van der Waals surface area contributed by atoms with Crippen LogP contribution in [0.4, 0.5) is 5.82 Å². The number of nitrogens with zero attached hydrogens (tertiary/aromatic N) is 4. The highest BCUT2D eigenvalue weighted by molar-refractivity contribution is 7.91. The quantitative estimate of drug-likeness (QED) is 0.734. The summed E-state index contributed by atoms with van der Waals surface area (Å²) in [6.45, 7) is 0. The van der Waals surface area contributed by atoms with E-state index in [4.69, 9.17) is 5.26 Å². The molecule has 6 nitrogen and oxygen atoms in total. The molecule has 1 atom stereocenters. The highest BCUT2D eigenvalue weighted by atomic mass is 32.2. The number of hydrogen-bond donors (Lipinski definition) is 0. The van der Waals surface area contributed by atoms with E-state index in [0.29, 0.717) is 17.8 Å². The van der Waals surface area contributed by atoms with E-state index in [2.05, 4.69) is 9.97 Å². The van der Waals surface area contributed by atoms with Gasteiger partial charge in [-0.3, -0.25) is 0 Å². The fourth-order valence-corrected chi connectivity index (χ4v) is 3.71. The maximum absolute atomic E-state index is 11.4. The molecule has 1 unspecified atom stereocenters. The minimum absolute atomic E-state index is 0.109. The fraction of sp³-hybridized carbons (Fsp3) is 0.500. The molecule has 0 aliphatic carbocycles. The number of aromatic nitrogens is 2. The minimum atomic E-state index is -2.94. The number of sulfone groups is 1. The van der Waals surface area contributed by atoms with E-state index < -0.39 is 9.84 Å². The first-order chi connectivity index (χ1) is 8.03. The molecule has 0 spiro atoms. The van der Waals surface area contributed by atoms with Crippen molar-refractivity contribution in [3.8, 4) is 6.07 Å². The molecule has 0 amide bonds. The third-order valence-corrected chi connectivity index (χ3v) is 4.65. The molecule has 0 bridgehead atoms. The van der Waals surface area contributed by atoms with Crippen LogP contribution in [0.5, 0.6) is 0 Å². The Hall–Kier alpha value is -1.68. The zero-order valence-electron chi connectivity index (χ0n) is 9.37. The van der Waals surface area contributed by atoms with Gasteiger partial charge in [-0.15, -0.1) is 0 Å². The SMILES string of the molecule is CN(c1ncncc1C#N)C1CCS(=O)(=O)C1. The van der Waals surface area contributed by atoms with Gasteiger partial charge in [-0.25, -0.2) is 18.4 Å². The maximum atomic E-state index is 11.4. The molecule has 0 saturated carbocycles. The summed E-state index contributed by atoms with van der Waals surface area (Å²) >= 11 is 0. The van der Waals surface area contributed by atoms with Gasteiger partial charge in [0.1, 0.15) is 23.8 Å². The molecule has 17 heavy (non-hydrogen) atoms. The second kappa shape index (κ2) is 4.30. The standard InChI is InChI=1S/C10H12N4O2S/c1-14(9-2-3-17(15,16)6-9)10-8(4-11)5-12-7-13-10/h5,7,9H,2-3,6H2,1H3. The molecule has 90 valence electrons. The first-order valence-electron chi connectivity index (χ1n) is 5.17. The third kappa shape index (κ3) is 2.36. The third-order valence-electron chi connectivity index (χ3n) is 2.90. The Morgan fingerprint density at radius 1 is 1.59 bits per heavy atom. The summed E-state index contributed by atoms with van der Waals surface area (Å²) in [7, 11) is -1.18. The van der Waals surface area contributed by atoms with Crippen LogP contribution in [0.15, 0.2) is 12.5 Å². The largest absolute Gasteiger partial charge is 0.354 e. The van der Waals surface area contributed by atoms with Crippen molar-refractivity contribution in [2.24, 2.45) is 0 Å². The molecule has 2 heterocycles. The Kier molecular flexibility index (Phi) is 2.98. The average Bonchev–Trinajstić information content (AvgIpc) is 2.68. The van der Waals surface area contributed by atoms with Crippen molar-refractivity contribution in [2.75, 3.05) is 23.5 Å². The van der Waals surface area contributed by atoms with E-state index in [9.17, 15) is 8.42 Å². The Bertz CT molecular complexity index is 564. The van der Waals surface area contributed by atoms with Gasteiger partial charge < -0.3 is 4.90 Å². The minimum Gasteiger partial charge on any atom is -0.354 e. The lowest BCUT2D eigenvalue weighted by molar-refractivity contribution is 0.600. The fourth-order valence-electron chi connectivity index (χ4n) is 1.94. The van der Waals surface area contributed by atoms with Gasteiger partial charge in [0.05, 0.1) is 17.7 Å². The molecule has 2 rings (SSSR count). The van der Waals surface area contributed by atoms with Gasteiger partial charge in [0.15, 0.2) is 9.84 Å². The van der Waals surface area contributed by atoms with Gasteiger partial charge in [-0.1, -0.05) is 0 Å². The van der Waals surface area contributed by atoms with Crippen molar-refractivity contribution in [2.45, 2.75) is 12.5 Å². The maximum Gasteiger partial charge on any atom is 0.152 e. The predicted molar refractivity (Wildman–Crippen MR) is 62.2 cm³/mol. The Morgan fingerprint density at radius 3 is 2.94 bits per heavy atom. The predicted octanol–water partition coefficient (Wildman–Crippen LogP) is -0.0284. The summed E-state index contributed by atoms with van der Waals surface area (Å²) in [6.07, 6.45) is 3.37. The summed E-state index contributed by atoms with van der Waals surface area (Å²) in [4.78, 5) is 9.57. The summed E-state index contributed by atoms with van der Waals surface area (Å²) in [5.74, 6) is 0.817. The molecule has 0 radical (unpaired) electrons. The Labute approximate surface area is 99.8 Å². The Balaban J connectivity index is 2.27. The molecule has 1 fully saturated rings. The summed E-state index contributed by atoms with van der Waals surface area (Å²) < 4.78 is 22.8. The molecule has 1 aliphatic rings. The van der Waals surface area contributed by atoms with Crippen LogP contribution in [0.3, 0.4) is 0 Å². The zero-order chi connectivity index (χ0) is 12.5. The average molecular weight is 252 g/mol. The first-order valence-corrected chi connectivity index (χ1v) is 6.99. The van der Waals surface area contributed by atoms with Crippen molar-refractivity contribution in [1.82, 2.24) is 9.97 Å². The molecular formula is C10H12N4O2S. The topological polar surface area (TPSA) is 86.9 Å². The second-order valence-electron chi connectivity index (χ2n) is 4.04. The van der Waals surface area contributed by atoms with Crippen molar-refractivity contribution >= 4 is 15.7 Å². The smallest absolute Gasteiger partial charge is 0.152 e. The Morgan fingerprint density at radius 2 is 2.35 bits per heavy atom. The summed E-state index contributed by atoms with van der Waals surface area (Å²) in [5.41, 5.74) is 0.360. The lowest BCUT2D eigenvalue weighted by Crippen LogP contribution is -2.33. The van der Waals surface area contributed by atoms with Gasteiger partial charge in [-0.2, -0.15) is 5.26 Å². The van der Waals surface area contributed by atoms with Crippen LogP contribution < -0.4 is 4.90 Å². The molecular weight excluding hydrogens is 240 g/mol. The number of rotatable bonds is 2. The summed E-state index contributed by atoms with van der Waals surface area (Å²) in [5, 5.41) is 8.94. The first kappa shape index (κ1) is 11.8. The van der Waals surface area contributed by atoms with Gasteiger partial charge in [0, 0.05) is 13.1 Å². The van der Waals surface area contributed by atoms with Crippen LogP contribution in [0, 0.1) is 11.3 Å². The number of hydrogen-bond acceptors (Lipinski definition) is 6. The van der Waals surface area contributed by atoms with Crippen LogP contribution in [-0.2, 0) is 9.84 Å². The van der Waals surface area contributed by atoms with Crippen LogP contribution in [-0.4, -0.2) is 43.0 Å². The molecule has 0 aromatic carbocycles. The molecule has 1 saturated heterocycles. The van der Waals surface area contributed by atoms with E-state index in [1.165, 1.54) is 12.5 Å². The highest BCUT2D eigenvalue weighted by Crippen LogP contribution is 2.23. The molecule has 7 heteroatoms. The highest BCUT2D eigenvalue weighted by Gasteiger charge is 2.31. The number of anilines is 1. The lowest BCUT2D eigenvalue weighted by Gasteiger charge is -2.24. The van der Waals surface area contributed by atoms with Crippen LogP contribution in [0.25, 0.3) is 0 Å². The van der Waals surface area contributed by atoms with Crippen molar-refractivity contribution < 1.29 is 8.42 Å². The van der Waals surface area contributed by atoms with Gasteiger partial charge in [-0.05, 0) is 6.42 Å². The molecule has 1 aliphatic heterocycles. The van der Waals surface area contributed by atoms with E-state index >= 15 is 0 Å². The summed E-state index contributed by atoms with van der Waals surface area (Å²) in [6, 6.07) is 1.90. The van der Waals surface area contributed by atoms with Crippen molar-refractivity contribution in [3.63, 3.8) is 0 Å². The van der Waals surface area contributed by atoms with Crippen molar-refractivity contribution in [3.05, 3.63) is 18.1 Å². The van der Waals surface area contributed by atoms with Gasteiger partial charge in [0.25, 0.3) is 0 Å². The number of nitriles is 1. The molecule has 0 N–H and O–H groups in total. The van der Waals surface area contributed by atoms with Crippen LogP contribution in [0.2, 0.25) is 0 Å². The van der Waals surface area contributed by atoms with Crippen LogP contribution in [0.1, 0.15) is 12.0 Å². The second-order valence-corrected chi connectivity index (χ2v) is 6.27. The van der Waals surface area contributed by atoms with Crippen molar-refractivity contribution in [1.29, 1.82) is 5.26 Å².